The van der Waals surface area contributed by atoms with Crippen molar-refractivity contribution < 1.29 is 9.59 Å². The van der Waals surface area contributed by atoms with Gasteiger partial charge in [0.15, 0.2) is 0 Å². The minimum atomic E-state index is -0.135. The van der Waals surface area contributed by atoms with Crippen LogP contribution >= 0.6 is 0 Å². The van der Waals surface area contributed by atoms with Crippen molar-refractivity contribution >= 4 is 23.2 Å². The Morgan fingerprint density at radius 1 is 0.931 bits per heavy atom. The lowest BCUT2D eigenvalue weighted by Gasteiger charge is -2.20. The molecule has 2 N–H and O–H groups in total. The molecule has 0 aromatic heterocycles. The third-order valence-corrected chi connectivity index (χ3v) is 5.39. The molecule has 0 unspecified atom stereocenters. The Hall–Kier alpha value is -2.82. The molecule has 0 aliphatic carbocycles. The molecule has 2 amide bonds. The van der Waals surface area contributed by atoms with Gasteiger partial charge in [-0.1, -0.05) is 36.6 Å². The topological polar surface area (TPSA) is 61.4 Å². The predicted molar refractivity (Wildman–Crippen MR) is 119 cm³/mol. The van der Waals surface area contributed by atoms with Gasteiger partial charge in [0, 0.05) is 30.0 Å². The number of likely N-dealkylation sites (tertiary alicyclic amines) is 1. The average Bonchev–Trinajstić information content (AvgIpc) is 2.96. The highest BCUT2D eigenvalue weighted by molar-refractivity contribution is 5.98. The molecule has 29 heavy (non-hydrogen) atoms. The highest BCUT2D eigenvalue weighted by atomic mass is 16.2. The molecule has 2 aromatic carbocycles. The van der Waals surface area contributed by atoms with E-state index in [2.05, 4.69) is 29.7 Å². The number of benzene rings is 2. The number of anilines is 2. The van der Waals surface area contributed by atoms with E-state index in [1.807, 2.05) is 36.9 Å². The van der Waals surface area contributed by atoms with E-state index in [0.717, 1.165) is 42.7 Å². The van der Waals surface area contributed by atoms with Crippen LogP contribution in [0.1, 0.15) is 52.7 Å². The van der Waals surface area contributed by atoms with E-state index < -0.39 is 0 Å². The number of nitrogens with zero attached hydrogens (tertiary/aromatic N) is 1. The SMILES string of the molecule is Cc1cc(C)c(NCC(=O)Nc2cccc(C(=O)N3CCCCCC3)c2)c(C)c1. The standard InChI is InChI=1S/C24H31N3O2/c1-17-13-18(2)23(19(3)14-17)25-16-22(28)26-21-10-8-9-20(15-21)24(29)27-11-6-4-5-7-12-27/h8-10,13-15,25H,4-7,11-12,16H2,1-3H3,(H,26,28). The first-order chi connectivity index (χ1) is 13.9. The first kappa shape index (κ1) is 20.9. The zero-order valence-electron chi connectivity index (χ0n) is 17.7. The maximum absolute atomic E-state index is 12.8. The molecule has 0 spiro atoms. The summed E-state index contributed by atoms with van der Waals surface area (Å²) < 4.78 is 0. The molecule has 1 heterocycles. The lowest BCUT2D eigenvalue weighted by atomic mass is 10.1. The molecule has 1 aliphatic heterocycles. The van der Waals surface area contributed by atoms with Crippen molar-refractivity contribution in [3.8, 4) is 0 Å². The predicted octanol–water partition coefficient (Wildman–Crippen LogP) is 4.68. The second kappa shape index (κ2) is 9.59. The summed E-state index contributed by atoms with van der Waals surface area (Å²) in [5, 5.41) is 6.14. The number of nitrogens with one attached hydrogen (secondary N) is 2. The molecular weight excluding hydrogens is 362 g/mol. The van der Waals surface area contributed by atoms with Crippen LogP contribution in [0.15, 0.2) is 36.4 Å². The lowest BCUT2D eigenvalue weighted by molar-refractivity contribution is -0.114. The van der Waals surface area contributed by atoms with Crippen molar-refractivity contribution in [3.05, 3.63) is 58.7 Å². The Morgan fingerprint density at radius 2 is 1.59 bits per heavy atom. The van der Waals surface area contributed by atoms with Gasteiger partial charge < -0.3 is 15.5 Å². The van der Waals surface area contributed by atoms with Gasteiger partial charge in [0.2, 0.25) is 5.91 Å². The Labute approximate surface area is 173 Å². The zero-order chi connectivity index (χ0) is 20.8. The Bertz CT molecular complexity index is 860. The molecule has 0 saturated carbocycles. The molecule has 1 aliphatic rings. The van der Waals surface area contributed by atoms with Gasteiger partial charge in [-0.05, 0) is 62.9 Å². The van der Waals surface area contributed by atoms with Crippen LogP contribution in [0.2, 0.25) is 0 Å². The van der Waals surface area contributed by atoms with Crippen LogP contribution < -0.4 is 10.6 Å². The summed E-state index contributed by atoms with van der Waals surface area (Å²) >= 11 is 0. The third kappa shape index (κ3) is 5.59. The van der Waals surface area contributed by atoms with Gasteiger partial charge >= 0.3 is 0 Å². The quantitative estimate of drug-likeness (QED) is 0.775. The molecule has 5 nitrogen and oxygen atoms in total. The Morgan fingerprint density at radius 3 is 2.24 bits per heavy atom. The molecule has 2 aromatic rings. The van der Waals surface area contributed by atoms with E-state index in [1.165, 1.54) is 18.4 Å². The smallest absolute Gasteiger partial charge is 0.253 e. The zero-order valence-corrected chi connectivity index (χ0v) is 17.7. The van der Waals surface area contributed by atoms with E-state index in [4.69, 9.17) is 0 Å². The van der Waals surface area contributed by atoms with Crippen LogP contribution in [0.4, 0.5) is 11.4 Å². The molecule has 0 radical (unpaired) electrons. The summed E-state index contributed by atoms with van der Waals surface area (Å²) in [6.45, 7) is 7.95. The minimum Gasteiger partial charge on any atom is -0.376 e. The Kier molecular flexibility index (Phi) is 6.91. The van der Waals surface area contributed by atoms with Crippen LogP contribution in [-0.2, 0) is 4.79 Å². The number of hydrogen-bond acceptors (Lipinski definition) is 3. The molecular formula is C24H31N3O2. The van der Waals surface area contributed by atoms with Crippen molar-refractivity contribution in [1.82, 2.24) is 4.90 Å². The lowest BCUT2D eigenvalue weighted by Crippen LogP contribution is -2.31. The fraction of sp³-hybridized carbons (Fsp3) is 0.417. The van der Waals surface area contributed by atoms with E-state index in [-0.39, 0.29) is 18.4 Å². The molecule has 0 bridgehead atoms. The summed E-state index contributed by atoms with van der Waals surface area (Å²) in [7, 11) is 0. The van der Waals surface area contributed by atoms with Gasteiger partial charge in [-0.25, -0.2) is 0 Å². The second-order valence-corrected chi connectivity index (χ2v) is 7.96. The number of rotatable bonds is 5. The maximum atomic E-state index is 12.8. The van der Waals surface area contributed by atoms with Gasteiger partial charge in [-0.2, -0.15) is 0 Å². The molecule has 1 fully saturated rings. The van der Waals surface area contributed by atoms with Crippen molar-refractivity contribution in [1.29, 1.82) is 0 Å². The van der Waals surface area contributed by atoms with E-state index in [0.29, 0.717) is 11.3 Å². The van der Waals surface area contributed by atoms with Crippen molar-refractivity contribution in [2.24, 2.45) is 0 Å². The normalized spacial score (nSPS) is 14.2. The minimum absolute atomic E-state index is 0.0482. The van der Waals surface area contributed by atoms with Crippen molar-refractivity contribution in [3.63, 3.8) is 0 Å². The van der Waals surface area contributed by atoms with Gasteiger partial charge in [-0.3, -0.25) is 9.59 Å². The fourth-order valence-electron chi connectivity index (χ4n) is 4.02. The number of amides is 2. The first-order valence-corrected chi connectivity index (χ1v) is 10.4. The van der Waals surface area contributed by atoms with Crippen LogP contribution in [0, 0.1) is 20.8 Å². The molecule has 154 valence electrons. The van der Waals surface area contributed by atoms with Crippen LogP contribution in [0.25, 0.3) is 0 Å². The molecule has 1 saturated heterocycles. The molecule has 3 rings (SSSR count). The van der Waals surface area contributed by atoms with Crippen molar-refractivity contribution in [2.45, 2.75) is 46.5 Å². The molecule has 5 heteroatoms. The monoisotopic (exact) mass is 393 g/mol. The Balaban J connectivity index is 1.61. The largest absolute Gasteiger partial charge is 0.376 e. The summed E-state index contributed by atoms with van der Waals surface area (Å²) in [6, 6.07) is 11.4. The number of aryl methyl sites for hydroxylation is 3. The van der Waals surface area contributed by atoms with E-state index in [1.54, 1.807) is 6.07 Å². The van der Waals surface area contributed by atoms with E-state index >= 15 is 0 Å². The highest BCUT2D eigenvalue weighted by Crippen LogP contribution is 2.22. The summed E-state index contributed by atoms with van der Waals surface area (Å²) in [4.78, 5) is 27.2. The van der Waals surface area contributed by atoms with Gasteiger partial charge in [0.1, 0.15) is 0 Å². The first-order valence-electron chi connectivity index (χ1n) is 10.4. The van der Waals surface area contributed by atoms with Crippen LogP contribution in [0.3, 0.4) is 0 Å². The second-order valence-electron chi connectivity index (χ2n) is 7.96. The van der Waals surface area contributed by atoms with Gasteiger partial charge in [0.25, 0.3) is 5.91 Å². The summed E-state index contributed by atoms with van der Waals surface area (Å²) in [5.41, 5.74) is 5.73. The van der Waals surface area contributed by atoms with Gasteiger partial charge in [-0.15, -0.1) is 0 Å². The third-order valence-electron chi connectivity index (χ3n) is 5.39. The van der Waals surface area contributed by atoms with Crippen LogP contribution in [-0.4, -0.2) is 36.3 Å². The number of hydrogen-bond donors (Lipinski definition) is 2. The molecule has 0 atom stereocenters. The summed E-state index contributed by atoms with van der Waals surface area (Å²) in [5.74, 6) is -0.0872. The average molecular weight is 394 g/mol. The fourth-order valence-corrected chi connectivity index (χ4v) is 4.02. The maximum Gasteiger partial charge on any atom is 0.253 e. The number of carbonyl (C=O) groups excluding carboxylic acids is 2. The highest BCUT2D eigenvalue weighted by Gasteiger charge is 2.17. The van der Waals surface area contributed by atoms with Gasteiger partial charge in [0.05, 0.1) is 6.54 Å². The van der Waals surface area contributed by atoms with E-state index in [9.17, 15) is 9.59 Å². The number of carbonyl (C=O) groups is 2. The van der Waals surface area contributed by atoms with Crippen LogP contribution in [0.5, 0.6) is 0 Å². The van der Waals surface area contributed by atoms with Crippen molar-refractivity contribution in [2.75, 3.05) is 30.3 Å². The summed E-state index contributed by atoms with van der Waals surface area (Å²) in [6.07, 6.45) is 4.50.